The van der Waals surface area contributed by atoms with Gasteiger partial charge in [0.15, 0.2) is 0 Å². The number of hydrogen-bond donors (Lipinski definition) is 2. The first-order chi connectivity index (χ1) is 34.8. The molecule has 2 aromatic heterocycles. The maximum Gasteiger partial charge on any atom is 0.407 e. The van der Waals surface area contributed by atoms with E-state index in [1.165, 1.54) is 14.2 Å². The van der Waals surface area contributed by atoms with Crippen LogP contribution in [0.5, 0.6) is 0 Å². The van der Waals surface area contributed by atoms with Crippen LogP contribution in [0.4, 0.5) is 4.79 Å². The summed E-state index contributed by atoms with van der Waals surface area (Å²) in [6.45, 7) is 8.18. The molecule has 3 heterocycles. The Morgan fingerprint density at radius 3 is 1.75 bits per heavy atom. The summed E-state index contributed by atoms with van der Waals surface area (Å²) >= 11 is 0. The smallest absolute Gasteiger partial charge is 0.407 e. The molecule has 71 heavy (non-hydrogen) atoms. The van der Waals surface area contributed by atoms with Crippen molar-refractivity contribution in [3.05, 3.63) is 94.6 Å². The third kappa shape index (κ3) is 19.5. The number of benzene rings is 1. The fraction of sp³-hybridized carbons (Fsp3) is 0.577. The Labute approximate surface area is 416 Å². The van der Waals surface area contributed by atoms with Crippen LogP contribution in [0.2, 0.25) is 0 Å². The van der Waals surface area contributed by atoms with Gasteiger partial charge in [0.2, 0.25) is 0 Å². The topological polar surface area (TPSA) is 208 Å². The van der Waals surface area contributed by atoms with Gasteiger partial charge in [-0.3, -0.25) is 14.6 Å². The van der Waals surface area contributed by atoms with Crippen molar-refractivity contribution < 1.29 is 61.8 Å². The Bertz CT molecular complexity index is 2150. The molecule has 0 radical (unpaired) electrons. The normalized spacial score (nSPS) is 20.8. The lowest BCUT2D eigenvalue weighted by Crippen LogP contribution is -2.33. The number of methoxy groups -OCH3 is 2. The van der Waals surface area contributed by atoms with Gasteiger partial charge in [-0.2, -0.15) is 0 Å². The Kier molecular flexibility index (Phi) is 23.9. The summed E-state index contributed by atoms with van der Waals surface area (Å²) in [6.07, 6.45) is 3.16. The van der Waals surface area contributed by atoms with Crippen molar-refractivity contribution in [1.29, 1.82) is 0 Å². The summed E-state index contributed by atoms with van der Waals surface area (Å²) in [5.41, 5.74) is 3.20. The van der Waals surface area contributed by atoms with Crippen LogP contribution in [0, 0.1) is 29.6 Å². The molecule has 1 saturated heterocycles. The van der Waals surface area contributed by atoms with E-state index in [-0.39, 0.29) is 23.9 Å². The highest BCUT2D eigenvalue weighted by Gasteiger charge is 2.49. The molecule has 2 amide bonds. The van der Waals surface area contributed by atoms with Crippen LogP contribution in [0.3, 0.4) is 0 Å². The largest absolute Gasteiger partial charge is 0.464 e. The molecule has 1 saturated carbocycles. The van der Waals surface area contributed by atoms with Crippen molar-refractivity contribution in [2.75, 3.05) is 133 Å². The molecule has 386 valence electrons. The zero-order valence-corrected chi connectivity index (χ0v) is 41.1. The summed E-state index contributed by atoms with van der Waals surface area (Å²) in [7, 11) is 2.65. The maximum absolute atomic E-state index is 13.1. The lowest BCUT2D eigenvalue weighted by molar-refractivity contribution is -0.0348. The van der Waals surface area contributed by atoms with E-state index in [0.29, 0.717) is 160 Å². The molecule has 0 spiro atoms. The third-order valence-corrected chi connectivity index (χ3v) is 12.4. The molecular weight excluding hydrogens is 917 g/mol. The molecular formula is C52H70N6O13. The third-order valence-electron chi connectivity index (χ3n) is 12.4. The SMILES string of the molecule is COC(=O)c1cccc(CN2CCOCCOCCN(Cc3cccc(C(=O)OC)n3)CCOC(c3ccc(C(=O)NCCOCCOCCNC(=O)OCC4C5CCC#CCCC54)cc3)COCC2)n1. The van der Waals surface area contributed by atoms with Gasteiger partial charge in [0, 0.05) is 70.8 Å². The fourth-order valence-electron chi connectivity index (χ4n) is 8.47. The molecule has 19 nitrogen and oxygen atoms in total. The minimum Gasteiger partial charge on any atom is -0.464 e. The van der Waals surface area contributed by atoms with E-state index in [1.54, 1.807) is 36.4 Å². The molecule has 3 atom stereocenters. The Balaban J connectivity index is 0.952. The number of carbonyl (C=O) groups excluding carboxylic acids is 4. The number of aromatic nitrogens is 2. The van der Waals surface area contributed by atoms with Gasteiger partial charge in [-0.1, -0.05) is 24.3 Å². The number of fused-ring (bicyclic) bond motifs is 1. The molecule has 3 aromatic rings. The Morgan fingerprint density at radius 2 is 1.18 bits per heavy atom. The van der Waals surface area contributed by atoms with Crippen molar-refractivity contribution in [3.8, 4) is 11.8 Å². The zero-order chi connectivity index (χ0) is 49.9. The molecule has 1 aromatic carbocycles. The predicted octanol–water partition coefficient (Wildman–Crippen LogP) is 4.10. The highest BCUT2D eigenvalue weighted by Crippen LogP contribution is 2.52. The molecule has 19 heteroatoms. The molecule has 2 fully saturated rings. The summed E-state index contributed by atoms with van der Waals surface area (Å²) in [6, 6.07) is 17.8. The first-order valence-corrected chi connectivity index (χ1v) is 24.6. The summed E-state index contributed by atoms with van der Waals surface area (Å²) in [5.74, 6) is 6.87. The van der Waals surface area contributed by atoms with E-state index < -0.39 is 24.1 Å². The van der Waals surface area contributed by atoms with E-state index >= 15 is 0 Å². The van der Waals surface area contributed by atoms with E-state index in [4.69, 9.17) is 42.6 Å². The monoisotopic (exact) mass is 987 g/mol. The number of amides is 2. The molecule has 3 aliphatic rings. The average molecular weight is 987 g/mol. The van der Waals surface area contributed by atoms with Gasteiger partial charge in [0.05, 0.1) is 105 Å². The van der Waals surface area contributed by atoms with Crippen LogP contribution in [0.1, 0.15) is 80.1 Å². The van der Waals surface area contributed by atoms with Gasteiger partial charge in [0.25, 0.3) is 5.91 Å². The van der Waals surface area contributed by atoms with Gasteiger partial charge in [-0.15, -0.1) is 11.8 Å². The minimum atomic E-state index is -0.506. The van der Waals surface area contributed by atoms with Crippen LogP contribution in [0.25, 0.3) is 0 Å². The van der Waals surface area contributed by atoms with Crippen molar-refractivity contribution in [2.24, 2.45) is 17.8 Å². The van der Waals surface area contributed by atoms with Crippen LogP contribution in [-0.2, 0) is 55.7 Å². The Morgan fingerprint density at radius 1 is 0.648 bits per heavy atom. The highest BCUT2D eigenvalue weighted by molar-refractivity contribution is 5.94. The molecule has 2 aliphatic carbocycles. The second kappa shape index (κ2) is 31.0. The Hall–Kier alpha value is -5.56. The average Bonchev–Trinajstić information content (AvgIpc) is 4.04. The maximum atomic E-state index is 13.1. The lowest BCUT2D eigenvalue weighted by atomic mass is 10.1. The first kappa shape index (κ1) is 54.8. The van der Waals surface area contributed by atoms with Gasteiger partial charge in [-0.25, -0.2) is 24.4 Å². The number of rotatable bonds is 19. The van der Waals surface area contributed by atoms with Crippen LogP contribution < -0.4 is 10.6 Å². The van der Waals surface area contributed by atoms with Crippen LogP contribution in [0.15, 0.2) is 60.7 Å². The number of hydrogen-bond acceptors (Lipinski definition) is 17. The number of pyridine rings is 2. The van der Waals surface area contributed by atoms with Gasteiger partial charge in [-0.05, 0) is 72.6 Å². The number of esters is 2. The summed E-state index contributed by atoms with van der Waals surface area (Å²) in [4.78, 5) is 62.9. The second-order valence-corrected chi connectivity index (χ2v) is 17.3. The van der Waals surface area contributed by atoms with Gasteiger partial charge in [0.1, 0.15) is 17.5 Å². The molecule has 3 unspecified atom stereocenters. The quantitative estimate of drug-likeness (QED) is 0.0750. The van der Waals surface area contributed by atoms with Gasteiger partial charge >= 0.3 is 18.0 Å². The molecule has 1 aliphatic heterocycles. The zero-order valence-electron chi connectivity index (χ0n) is 41.1. The van der Waals surface area contributed by atoms with Gasteiger partial charge < -0.3 is 53.3 Å². The number of nitrogens with zero attached hydrogens (tertiary/aromatic N) is 4. The number of alkyl carbamates (subject to hydrolysis) is 1. The van der Waals surface area contributed by atoms with Crippen molar-refractivity contribution in [3.63, 3.8) is 0 Å². The van der Waals surface area contributed by atoms with E-state index in [1.807, 2.05) is 24.3 Å². The highest BCUT2D eigenvalue weighted by atomic mass is 16.6. The van der Waals surface area contributed by atoms with Crippen LogP contribution in [-0.4, -0.2) is 176 Å². The van der Waals surface area contributed by atoms with Crippen molar-refractivity contribution >= 4 is 23.9 Å². The molecule has 0 bridgehead atoms. The minimum absolute atomic E-state index is 0.231. The second-order valence-electron chi connectivity index (χ2n) is 17.3. The van der Waals surface area contributed by atoms with Crippen LogP contribution >= 0.6 is 0 Å². The van der Waals surface area contributed by atoms with E-state index in [2.05, 4.69) is 42.2 Å². The van der Waals surface area contributed by atoms with Crippen molar-refractivity contribution in [1.82, 2.24) is 30.4 Å². The van der Waals surface area contributed by atoms with Crippen molar-refractivity contribution in [2.45, 2.75) is 44.9 Å². The fourth-order valence-corrected chi connectivity index (χ4v) is 8.47. The predicted molar refractivity (Wildman–Crippen MR) is 259 cm³/mol. The van der Waals surface area contributed by atoms with E-state index in [0.717, 1.165) is 31.2 Å². The molecule has 6 rings (SSSR count). The number of nitrogens with one attached hydrogen (secondary N) is 2. The van der Waals surface area contributed by atoms with E-state index in [9.17, 15) is 19.2 Å². The lowest BCUT2D eigenvalue weighted by Gasteiger charge is -2.26. The summed E-state index contributed by atoms with van der Waals surface area (Å²) in [5, 5.41) is 5.64. The standard InChI is InChI=1S/C52H70N6O13/c1-63-50(60)46-13-7-9-41(55-46)35-57-21-27-67-33-34-68-28-22-58(36-42-10-8-14-47(56-42)51(61)64-2)24-30-70-48(38-69-29-23-57)39-15-17-40(18-16-39)49(59)53-19-25-65-31-32-66-26-20-54-52(62)71-37-45-43-11-5-3-4-6-12-44(43)45/h7-10,13-18,43-45,48H,5-6,11-12,19-38H2,1-2H3,(H,53,59)(H,54,62). The number of ether oxygens (including phenoxy) is 9. The summed E-state index contributed by atoms with van der Waals surface area (Å²) < 4.78 is 51.1. The number of carbonyl (C=O) groups is 4. The first-order valence-electron chi connectivity index (χ1n) is 24.6. The molecule has 2 N–H and O–H groups in total.